The van der Waals surface area contributed by atoms with Crippen LogP contribution in [0.2, 0.25) is 0 Å². The van der Waals surface area contributed by atoms with Gasteiger partial charge in [-0.3, -0.25) is 5.32 Å². The Kier molecular flexibility index (Phi) is 6.24. The Morgan fingerprint density at radius 2 is 1.88 bits per heavy atom. The summed E-state index contributed by atoms with van der Waals surface area (Å²) in [6.07, 6.45) is 4.34. The van der Waals surface area contributed by atoms with Crippen molar-refractivity contribution in [2.75, 3.05) is 11.9 Å². The Bertz CT molecular complexity index is 1250. The number of fused-ring (bicyclic) bond motifs is 1. The van der Waals surface area contributed by atoms with Gasteiger partial charge in [-0.2, -0.15) is 0 Å². The van der Waals surface area contributed by atoms with Crippen LogP contribution in [0, 0.1) is 23.7 Å². The summed E-state index contributed by atoms with van der Waals surface area (Å²) in [5.41, 5.74) is 5.22. The Morgan fingerprint density at radius 1 is 1.12 bits per heavy atom. The van der Waals surface area contributed by atoms with Crippen LogP contribution in [0.4, 0.5) is 10.5 Å². The molecular weight excluding hydrogens is 424 g/mol. The number of aromatic nitrogens is 1. The predicted molar refractivity (Wildman–Crippen MR) is 136 cm³/mol. The Morgan fingerprint density at radius 3 is 2.53 bits per heavy atom. The lowest BCUT2D eigenvalue weighted by Gasteiger charge is -2.13. The molecule has 1 N–H and O–H groups in total. The van der Waals surface area contributed by atoms with E-state index >= 15 is 0 Å². The van der Waals surface area contributed by atoms with Crippen molar-refractivity contribution in [2.45, 2.75) is 59.1 Å². The number of benzene rings is 2. The van der Waals surface area contributed by atoms with Gasteiger partial charge in [-0.15, -0.1) is 0 Å². The number of ether oxygens (including phenoxy) is 2. The second kappa shape index (κ2) is 9.46. The van der Waals surface area contributed by atoms with Gasteiger partial charge in [-0.25, -0.2) is 4.79 Å². The van der Waals surface area contributed by atoms with Crippen LogP contribution in [0.1, 0.15) is 52.0 Å². The van der Waals surface area contributed by atoms with Gasteiger partial charge in [0.25, 0.3) is 0 Å². The van der Waals surface area contributed by atoms with E-state index in [1.807, 2.05) is 39.0 Å². The second-order valence-corrected chi connectivity index (χ2v) is 9.59. The zero-order valence-electron chi connectivity index (χ0n) is 20.2. The van der Waals surface area contributed by atoms with Crippen molar-refractivity contribution in [3.8, 4) is 28.8 Å². The largest absolute Gasteiger partial charge is 0.494 e. The van der Waals surface area contributed by atoms with Crippen LogP contribution in [0.15, 0.2) is 42.5 Å². The number of nitrogens with zero attached hydrogens (tertiary/aromatic N) is 1. The first-order chi connectivity index (χ1) is 16.5. The zero-order valence-corrected chi connectivity index (χ0v) is 20.2. The highest BCUT2D eigenvalue weighted by Crippen LogP contribution is 2.40. The molecule has 2 saturated carbocycles. The molecule has 1 aromatic heterocycles. The Labute approximate surface area is 201 Å². The van der Waals surface area contributed by atoms with Crippen molar-refractivity contribution in [1.29, 1.82) is 0 Å². The van der Waals surface area contributed by atoms with E-state index in [1.54, 1.807) is 0 Å². The summed E-state index contributed by atoms with van der Waals surface area (Å²) in [7, 11) is 0. The van der Waals surface area contributed by atoms with Gasteiger partial charge in [0.15, 0.2) is 0 Å². The van der Waals surface area contributed by atoms with Crippen molar-refractivity contribution in [3.63, 3.8) is 0 Å². The summed E-state index contributed by atoms with van der Waals surface area (Å²) >= 11 is 0. The highest BCUT2D eigenvalue weighted by Gasteiger charge is 2.27. The number of carbonyl (C=O) groups excluding carboxylic acids is 1. The van der Waals surface area contributed by atoms with Gasteiger partial charge in [-0.1, -0.05) is 24.0 Å². The van der Waals surface area contributed by atoms with E-state index in [1.165, 1.54) is 36.6 Å². The molecule has 0 radical (unpaired) electrons. The van der Waals surface area contributed by atoms with Crippen LogP contribution in [0.25, 0.3) is 22.2 Å². The van der Waals surface area contributed by atoms with E-state index in [4.69, 9.17) is 9.47 Å². The smallest absolute Gasteiger partial charge is 0.411 e. The third kappa shape index (κ3) is 5.07. The van der Waals surface area contributed by atoms with Crippen LogP contribution >= 0.6 is 0 Å². The molecule has 0 saturated heterocycles. The molecule has 3 aromatic rings. The first-order valence-corrected chi connectivity index (χ1v) is 12.4. The summed E-state index contributed by atoms with van der Waals surface area (Å²) in [5.74, 6) is 9.16. The second-order valence-electron chi connectivity index (χ2n) is 9.59. The highest BCUT2D eigenvalue weighted by molar-refractivity contribution is 5.96. The molecule has 0 spiro atoms. The van der Waals surface area contributed by atoms with Crippen molar-refractivity contribution < 1.29 is 14.3 Å². The molecular formula is C29H32N2O3. The maximum Gasteiger partial charge on any atom is 0.411 e. The van der Waals surface area contributed by atoms with Gasteiger partial charge in [0, 0.05) is 29.6 Å². The summed E-state index contributed by atoms with van der Waals surface area (Å²) < 4.78 is 13.5. The third-order valence-electron chi connectivity index (χ3n) is 6.21. The fourth-order valence-corrected chi connectivity index (χ4v) is 4.24. The van der Waals surface area contributed by atoms with Gasteiger partial charge in [0.2, 0.25) is 0 Å². The molecule has 1 heterocycles. The van der Waals surface area contributed by atoms with E-state index < -0.39 is 6.09 Å². The summed E-state index contributed by atoms with van der Waals surface area (Å²) in [6, 6.07) is 14.3. The van der Waals surface area contributed by atoms with Crippen molar-refractivity contribution in [1.82, 2.24) is 4.57 Å². The van der Waals surface area contributed by atoms with Gasteiger partial charge >= 0.3 is 6.09 Å². The minimum atomic E-state index is -0.440. The fraction of sp³-hybridized carbons (Fsp3) is 0.414. The average molecular weight is 457 g/mol. The van der Waals surface area contributed by atoms with Gasteiger partial charge < -0.3 is 14.0 Å². The minimum absolute atomic E-state index is 0.161. The molecule has 5 nitrogen and oxygen atoms in total. The predicted octanol–water partition coefficient (Wildman–Crippen LogP) is 6.84. The molecule has 0 aliphatic heterocycles. The lowest BCUT2D eigenvalue weighted by atomic mass is 10.0. The topological polar surface area (TPSA) is 52.5 Å². The SMILES string of the molecule is CCOc1ccc2c(C#CC3CC3)c(-c3ccc(NC(=O)OC(C)C)cc3)n(CC3CC3)c2c1. The summed E-state index contributed by atoms with van der Waals surface area (Å²) in [6.45, 7) is 7.31. The number of amides is 1. The Balaban J connectivity index is 1.58. The van der Waals surface area contributed by atoms with E-state index in [0.29, 0.717) is 24.1 Å². The summed E-state index contributed by atoms with van der Waals surface area (Å²) in [5, 5.41) is 3.98. The third-order valence-corrected chi connectivity index (χ3v) is 6.21. The van der Waals surface area contributed by atoms with E-state index in [9.17, 15) is 4.79 Å². The maximum absolute atomic E-state index is 12.0. The first-order valence-electron chi connectivity index (χ1n) is 12.4. The number of carbonyl (C=O) groups is 1. The van der Waals surface area contributed by atoms with Gasteiger partial charge in [0.1, 0.15) is 5.75 Å². The number of hydrogen-bond donors (Lipinski definition) is 1. The molecule has 2 aromatic carbocycles. The van der Waals surface area contributed by atoms with Crippen LogP contribution in [-0.2, 0) is 11.3 Å². The normalized spacial score (nSPS) is 15.2. The summed E-state index contributed by atoms with van der Waals surface area (Å²) in [4.78, 5) is 12.0. The minimum Gasteiger partial charge on any atom is -0.494 e. The van der Waals surface area contributed by atoms with Crippen LogP contribution < -0.4 is 10.1 Å². The van der Waals surface area contributed by atoms with Crippen molar-refractivity contribution in [2.24, 2.45) is 11.8 Å². The lowest BCUT2D eigenvalue weighted by molar-refractivity contribution is 0.130. The van der Waals surface area contributed by atoms with E-state index in [2.05, 4.69) is 46.0 Å². The van der Waals surface area contributed by atoms with Gasteiger partial charge in [-0.05, 0) is 82.2 Å². The van der Waals surface area contributed by atoms with Crippen LogP contribution in [-0.4, -0.2) is 23.4 Å². The molecule has 5 heteroatoms. The molecule has 34 heavy (non-hydrogen) atoms. The fourth-order valence-electron chi connectivity index (χ4n) is 4.24. The molecule has 2 fully saturated rings. The average Bonchev–Trinajstić information content (AvgIpc) is 3.72. The standard InChI is InChI=1S/C29H32N2O3/c1-4-33-24-14-16-25-26(15-9-20-5-6-20)28(31(27(25)17-24)18-21-7-8-21)22-10-12-23(13-11-22)30-29(32)34-19(2)3/h10-14,16-17,19-21H,4-8,18H2,1-3H3,(H,30,32). The maximum atomic E-state index is 12.0. The van der Waals surface area contributed by atoms with Crippen LogP contribution in [0.3, 0.4) is 0 Å². The number of nitrogens with one attached hydrogen (secondary N) is 1. The molecule has 2 aliphatic rings. The molecule has 176 valence electrons. The molecule has 0 unspecified atom stereocenters. The Hall–Kier alpha value is -3.39. The highest BCUT2D eigenvalue weighted by atomic mass is 16.6. The first kappa shape index (κ1) is 22.4. The molecule has 0 atom stereocenters. The molecule has 5 rings (SSSR count). The molecule has 2 aliphatic carbocycles. The molecule has 1 amide bonds. The quantitative estimate of drug-likeness (QED) is 0.396. The zero-order chi connectivity index (χ0) is 23.7. The van der Waals surface area contributed by atoms with Gasteiger partial charge in [0.05, 0.1) is 29.5 Å². The van der Waals surface area contributed by atoms with Crippen molar-refractivity contribution >= 4 is 22.7 Å². The van der Waals surface area contributed by atoms with E-state index in [-0.39, 0.29) is 6.10 Å². The number of rotatable bonds is 7. The lowest BCUT2D eigenvalue weighted by Crippen LogP contribution is -2.17. The number of anilines is 1. The molecule has 0 bridgehead atoms. The van der Waals surface area contributed by atoms with Crippen molar-refractivity contribution in [3.05, 3.63) is 48.0 Å². The van der Waals surface area contributed by atoms with E-state index in [0.717, 1.165) is 29.1 Å². The van der Waals surface area contributed by atoms with Crippen LogP contribution in [0.5, 0.6) is 5.75 Å². The number of hydrogen-bond acceptors (Lipinski definition) is 3. The monoisotopic (exact) mass is 456 g/mol.